The molecule has 0 radical (unpaired) electrons. The lowest BCUT2D eigenvalue weighted by molar-refractivity contribution is 0.102. The molecule has 0 aliphatic carbocycles. The molecular formula is C14H12Br2N2O. The normalized spacial score (nSPS) is 10.3. The van der Waals surface area contributed by atoms with Crippen LogP contribution < -0.4 is 11.1 Å². The summed E-state index contributed by atoms with van der Waals surface area (Å²) in [5, 5.41) is 2.85. The molecule has 3 nitrogen and oxygen atoms in total. The minimum absolute atomic E-state index is 0.164. The van der Waals surface area contributed by atoms with Crippen LogP contribution in [0, 0.1) is 6.92 Å². The number of nitrogens with one attached hydrogen (secondary N) is 1. The van der Waals surface area contributed by atoms with Gasteiger partial charge in [0.25, 0.3) is 5.91 Å². The Morgan fingerprint density at radius 1 is 1.11 bits per heavy atom. The number of halogens is 2. The van der Waals surface area contributed by atoms with Crippen molar-refractivity contribution >= 4 is 49.1 Å². The Balaban J connectivity index is 2.20. The van der Waals surface area contributed by atoms with E-state index in [0.29, 0.717) is 15.7 Å². The number of amides is 1. The van der Waals surface area contributed by atoms with E-state index < -0.39 is 0 Å². The Morgan fingerprint density at radius 3 is 2.47 bits per heavy atom. The van der Waals surface area contributed by atoms with E-state index in [4.69, 9.17) is 5.73 Å². The highest BCUT2D eigenvalue weighted by Crippen LogP contribution is 2.23. The molecule has 0 saturated heterocycles. The Bertz CT molecular complexity index is 641. The molecule has 2 rings (SSSR count). The van der Waals surface area contributed by atoms with Gasteiger partial charge in [-0.2, -0.15) is 0 Å². The van der Waals surface area contributed by atoms with Gasteiger partial charge in [0.2, 0.25) is 0 Å². The molecule has 0 heterocycles. The smallest absolute Gasteiger partial charge is 0.255 e. The lowest BCUT2D eigenvalue weighted by Crippen LogP contribution is -2.12. The first-order chi connectivity index (χ1) is 8.97. The third-order valence-electron chi connectivity index (χ3n) is 2.68. The Labute approximate surface area is 128 Å². The van der Waals surface area contributed by atoms with Crippen LogP contribution in [0.2, 0.25) is 0 Å². The summed E-state index contributed by atoms with van der Waals surface area (Å²) < 4.78 is 1.73. The van der Waals surface area contributed by atoms with Crippen LogP contribution in [0.3, 0.4) is 0 Å². The highest BCUT2D eigenvalue weighted by Gasteiger charge is 2.08. The van der Waals surface area contributed by atoms with Crippen molar-refractivity contribution in [3.63, 3.8) is 0 Å². The van der Waals surface area contributed by atoms with Crippen LogP contribution in [0.1, 0.15) is 15.9 Å². The van der Waals surface area contributed by atoms with Crippen molar-refractivity contribution in [3.05, 3.63) is 56.5 Å². The molecule has 0 spiro atoms. The zero-order valence-corrected chi connectivity index (χ0v) is 13.4. The summed E-state index contributed by atoms with van der Waals surface area (Å²) in [6.07, 6.45) is 0. The van der Waals surface area contributed by atoms with Gasteiger partial charge in [0.1, 0.15) is 0 Å². The predicted octanol–water partition coefficient (Wildman–Crippen LogP) is 4.35. The maximum Gasteiger partial charge on any atom is 0.255 e. The predicted molar refractivity (Wildman–Crippen MR) is 85.4 cm³/mol. The molecule has 1 amide bonds. The van der Waals surface area contributed by atoms with Crippen LogP contribution in [0.15, 0.2) is 45.3 Å². The molecule has 0 atom stereocenters. The number of carbonyl (C=O) groups excluding carboxylic acids is 1. The number of benzene rings is 2. The highest BCUT2D eigenvalue weighted by molar-refractivity contribution is 9.10. The highest BCUT2D eigenvalue weighted by atomic mass is 79.9. The van der Waals surface area contributed by atoms with Gasteiger partial charge >= 0.3 is 0 Å². The monoisotopic (exact) mass is 382 g/mol. The molecule has 19 heavy (non-hydrogen) atoms. The van der Waals surface area contributed by atoms with Crippen molar-refractivity contribution in [1.29, 1.82) is 0 Å². The minimum atomic E-state index is -0.164. The summed E-state index contributed by atoms with van der Waals surface area (Å²) in [6.45, 7) is 1.97. The van der Waals surface area contributed by atoms with E-state index >= 15 is 0 Å². The summed E-state index contributed by atoms with van der Waals surface area (Å²) in [6, 6.07) is 10.8. The lowest BCUT2D eigenvalue weighted by Gasteiger charge is -2.08. The van der Waals surface area contributed by atoms with E-state index in [2.05, 4.69) is 37.2 Å². The first-order valence-electron chi connectivity index (χ1n) is 5.60. The number of nitrogens with two attached hydrogens (primary N) is 1. The zero-order valence-electron chi connectivity index (χ0n) is 10.2. The number of aryl methyl sites for hydroxylation is 1. The quantitative estimate of drug-likeness (QED) is 0.757. The van der Waals surface area contributed by atoms with Crippen LogP contribution in [-0.4, -0.2) is 5.91 Å². The SMILES string of the molecule is Cc1cc(NC(=O)c2ccc(N)c(Br)c2)ccc1Br. The Kier molecular flexibility index (Phi) is 4.27. The topological polar surface area (TPSA) is 55.1 Å². The Hall–Kier alpha value is -1.33. The molecule has 0 aliphatic heterocycles. The molecule has 0 bridgehead atoms. The fourth-order valence-electron chi connectivity index (χ4n) is 1.59. The van der Waals surface area contributed by atoms with Gasteiger partial charge in [0, 0.05) is 25.9 Å². The first kappa shape index (κ1) is 14.1. The fraction of sp³-hybridized carbons (Fsp3) is 0.0714. The molecule has 3 N–H and O–H groups in total. The van der Waals surface area contributed by atoms with E-state index in [1.54, 1.807) is 18.2 Å². The van der Waals surface area contributed by atoms with Crippen molar-refractivity contribution in [2.75, 3.05) is 11.1 Å². The van der Waals surface area contributed by atoms with Crippen molar-refractivity contribution in [2.24, 2.45) is 0 Å². The average Bonchev–Trinajstić information content (AvgIpc) is 2.37. The molecule has 2 aromatic carbocycles. The van der Waals surface area contributed by atoms with Gasteiger partial charge in [-0.15, -0.1) is 0 Å². The number of rotatable bonds is 2. The summed E-state index contributed by atoms with van der Waals surface area (Å²) in [7, 11) is 0. The molecule has 98 valence electrons. The van der Waals surface area contributed by atoms with Crippen LogP contribution in [0.5, 0.6) is 0 Å². The van der Waals surface area contributed by atoms with Gasteiger partial charge in [0.05, 0.1) is 0 Å². The lowest BCUT2D eigenvalue weighted by atomic mass is 10.1. The van der Waals surface area contributed by atoms with Crippen molar-refractivity contribution in [1.82, 2.24) is 0 Å². The molecule has 0 aromatic heterocycles. The summed E-state index contributed by atoms with van der Waals surface area (Å²) in [5.74, 6) is -0.164. The largest absolute Gasteiger partial charge is 0.398 e. The van der Waals surface area contributed by atoms with Crippen molar-refractivity contribution in [2.45, 2.75) is 6.92 Å². The van der Waals surface area contributed by atoms with E-state index in [9.17, 15) is 4.79 Å². The molecule has 5 heteroatoms. The molecule has 0 saturated carbocycles. The maximum atomic E-state index is 12.1. The van der Waals surface area contributed by atoms with E-state index in [1.807, 2.05) is 25.1 Å². The number of nitrogen functional groups attached to an aromatic ring is 1. The van der Waals surface area contributed by atoms with E-state index in [1.165, 1.54) is 0 Å². The first-order valence-corrected chi connectivity index (χ1v) is 7.18. The molecule has 0 aliphatic rings. The molecule has 2 aromatic rings. The zero-order chi connectivity index (χ0) is 14.0. The number of carbonyl (C=O) groups is 1. The summed E-state index contributed by atoms with van der Waals surface area (Å²) in [4.78, 5) is 12.1. The second-order valence-corrected chi connectivity index (χ2v) is 5.86. The van der Waals surface area contributed by atoms with E-state index in [-0.39, 0.29) is 5.91 Å². The second kappa shape index (κ2) is 5.75. The minimum Gasteiger partial charge on any atom is -0.398 e. The second-order valence-electron chi connectivity index (χ2n) is 4.15. The van der Waals surface area contributed by atoms with Gasteiger partial charge in [-0.05, 0) is 64.8 Å². The summed E-state index contributed by atoms with van der Waals surface area (Å²) >= 11 is 6.73. The summed E-state index contributed by atoms with van der Waals surface area (Å²) in [5.41, 5.74) is 8.69. The van der Waals surface area contributed by atoms with Crippen molar-refractivity contribution < 1.29 is 4.79 Å². The molecule has 0 fully saturated rings. The van der Waals surface area contributed by atoms with Gasteiger partial charge < -0.3 is 11.1 Å². The van der Waals surface area contributed by atoms with Crippen LogP contribution in [0.25, 0.3) is 0 Å². The van der Waals surface area contributed by atoms with Gasteiger partial charge in [-0.25, -0.2) is 0 Å². The number of hydrogen-bond acceptors (Lipinski definition) is 2. The fourth-order valence-corrected chi connectivity index (χ4v) is 2.22. The van der Waals surface area contributed by atoms with Crippen LogP contribution >= 0.6 is 31.9 Å². The molecular weight excluding hydrogens is 372 g/mol. The average molecular weight is 384 g/mol. The van der Waals surface area contributed by atoms with E-state index in [0.717, 1.165) is 15.7 Å². The standard InChI is InChI=1S/C14H12Br2N2O/c1-8-6-10(3-4-11(8)15)18-14(19)9-2-5-13(17)12(16)7-9/h2-7H,17H2,1H3,(H,18,19). The molecule has 0 unspecified atom stereocenters. The number of anilines is 2. The van der Waals surface area contributed by atoms with Gasteiger partial charge in [0.15, 0.2) is 0 Å². The van der Waals surface area contributed by atoms with Crippen LogP contribution in [-0.2, 0) is 0 Å². The van der Waals surface area contributed by atoms with Crippen molar-refractivity contribution in [3.8, 4) is 0 Å². The van der Waals surface area contributed by atoms with Gasteiger partial charge in [-0.1, -0.05) is 15.9 Å². The maximum absolute atomic E-state index is 12.1. The number of hydrogen-bond donors (Lipinski definition) is 2. The Morgan fingerprint density at radius 2 is 1.84 bits per heavy atom. The third kappa shape index (κ3) is 3.36. The third-order valence-corrected chi connectivity index (χ3v) is 4.25. The van der Waals surface area contributed by atoms with Gasteiger partial charge in [-0.3, -0.25) is 4.79 Å². The van der Waals surface area contributed by atoms with Crippen LogP contribution in [0.4, 0.5) is 11.4 Å².